The second kappa shape index (κ2) is 7.45. The number of rotatable bonds is 5. The summed E-state index contributed by atoms with van der Waals surface area (Å²) >= 11 is 0. The Balaban J connectivity index is 2.11. The van der Waals surface area contributed by atoms with Crippen molar-refractivity contribution in [1.82, 2.24) is 0 Å². The third-order valence-corrected chi connectivity index (χ3v) is 3.44. The van der Waals surface area contributed by atoms with E-state index in [4.69, 9.17) is 10.5 Å². The van der Waals surface area contributed by atoms with E-state index >= 15 is 0 Å². The van der Waals surface area contributed by atoms with E-state index in [0.29, 0.717) is 12.1 Å². The average molecular weight is 363 g/mol. The second-order valence-electron chi connectivity index (χ2n) is 5.45. The van der Waals surface area contributed by atoms with Gasteiger partial charge in [-0.1, -0.05) is 30.3 Å². The standard InChI is InChI=1S/C17H15F6NO/c18-16(19,20)13-6-11(7-14(8-13)17(21,22)23)9-25-10-15(24)12-4-2-1-3-5-12/h1-8,15H,9-10,24H2/t15-/m1/s1. The Labute approximate surface area is 140 Å². The maximum Gasteiger partial charge on any atom is 0.416 e. The van der Waals surface area contributed by atoms with Crippen molar-refractivity contribution in [2.45, 2.75) is 25.0 Å². The smallest absolute Gasteiger partial charge is 0.375 e. The lowest BCUT2D eigenvalue weighted by atomic mass is 10.1. The van der Waals surface area contributed by atoms with E-state index < -0.39 is 36.1 Å². The first-order chi connectivity index (χ1) is 11.6. The van der Waals surface area contributed by atoms with Crippen LogP contribution >= 0.6 is 0 Å². The van der Waals surface area contributed by atoms with E-state index in [0.717, 1.165) is 5.56 Å². The fraction of sp³-hybridized carbons (Fsp3) is 0.294. The van der Waals surface area contributed by atoms with Crippen LogP contribution in [0.5, 0.6) is 0 Å². The van der Waals surface area contributed by atoms with Gasteiger partial charge in [-0.25, -0.2) is 0 Å². The number of benzene rings is 2. The Morgan fingerprint density at radius 2 is 1.36 bits per heavy atom. The topological polar surface area (TPSA) is 35.2 Å². The maximum atomic E-state index is 12.8. The lowest BCUT2D eigenvalue weighted by Crippen LogP contribution is -2.17. The molecule has 2 aromatic carbocycles. The van der Waals surface area contributed by atoms with Crippen molar-refractivity contribution in [1.29, 1.82) is 0 Å². The van der Waals surface area contributed by atoms with Crippen LogP contribution in [-0.2, 0) is 23.7 Å². The summed E-state index contributed by atoms with van der Waals surface area (Å²) in [5, 5.41) is 0. The zero-order valence-electron chi connectivity index (χ0n) is 12.9. The van der Waals surface area contributed by atoms with E-state index in [1.165, 1.54) is 0 Å². The van der Waals surface area contributed by atoms with Crippen molar-refractivity contribution in [3.8, 4) is 0 Å². The minimum atomic E-state index is -4.88. The molecule has 2 aromatic rings. The van der Waals surface area contributed by atoms with Gasteiger partial charge < -0.3 is 10.5 Å². The van der Waals surface area contributed by atoms with Crippen molar-refractivity contribution in [3.63, 3.8) is 0 Å². The SMILES string of the molecule is N[C@H](COCc1cc(C(F)(F)F)cc(C(F)(F)F)c1)c1ccccc1. The van der Waals surface area contributed by atoms with Gasteiger partial charge in [0, 0.05) is 0 Å². The molecule has 0 bridgehead atoms. The molecular weight excluding hydrogens is 348 g/mol. The van der Waals surface area contributed by atoms with Gasteiger partial charge in [-0.05, 0) is 29.3 Å². The third kappa shape index (κ3) is 5.47. The van der Waals surface area contributed by atoms with Crippen LogP contribution in [0.4, 0.5) is 26.3 Å². The predicted molar refractivity (Wildman–Crippen MR) is 79.5 cm³/mol. The minimum Gasteiger partial charge on any atom is -0.375 e. The van der Waals surface area contributed by atoms with Gasteiger partial charge in [0.15, 0.2) is 0 Å². The molecule has 0 heterocycles. The minimum absolute atomic E-state index is 0.0401. The van der Waals surface area contributed by atoms with Gasteiger partial charge in [0.05, 0.1) is 30.4 Å². The Bertz CT molecular complexity index is 664. The summed E-state index contributed by atoms with van der Waals surface area (Å²) in [5.74, 6) is 0. The summed E-state index contributed by atoms with van der Waals surface area (Å²) in [4.78, 5) is 0. The molecule has 0 aliphatic carbocycles. The second-order valence-corrected chi connectivity index (χ2v) is 5.45. The molecule has 0 aliphatic rings. The predicted octanol–water partition coefficient (Wildman–Crippen LogP) is 4.94. The highest BCUT2D eigenvalue weighted by Gasteiger charge is 2.36. The van der Waals surface area contributed by atoms with Crippen LogP contribution in [0.15, 0.2) is 48.5 Å². The first-order valence-corrected chi connectivity index (χ1v) is 7.24. The quantitative estimate of drug-likeness (QED) is 0.764. The summed E-state index contributed by atoms with van der Waals surface area (Å²) in [6.07, 6.45) is -9.76. The monoisotopic (exact) mass is 363 g/mol. The molecule has 1 atom stereocenters. The van der Waals surface area contributed by atoms with Gasteiger partial charge in [0.2, 0.25) is 0 Å². The summed E-state index contributed by atoms with van der Waals surface area (Å²) in [6, 6.07) is 9.65. The molecule has 0 unspecified atom stereocenters. The van der Waals surface area contributed by atoms with Gasteiger partial charge in [0.25, 0.3) is 0 Å². The van der Waals surface area contributed by atoms with Crippen LogP contribution in [0.3, 0.4) is 0 Å². The number of alkyl halides is 6. The number of nitrogens with two attached hydrogens (primary N) is 1. The molecule has 0 fully saturated rings. The Kier molecular flexibility index (Phi) is 5.74. The van der Waals surface area contributed by atoms with Crippen LogP contribution in [0.1, 0.15) is 28.3 Å². The Morgan fingerprint density at radius 3 is 1.84 bits per heavy atom. The van der Waals surface area contributed by atoms with Gasteiger partial charge in [-0.15, -0.1) is 0 Å². The summed E-state index contributed by atoms with van der Waals surface area (Å²) in [5.41, 5.74) is 3.67. The van der Waals surface area contributed by atoms with Crippen LogP contribution in [0.25, 0.3) is 0 Å². The summed E-state index contributed by atoms with van der Waals surface area (Å²) < 4.78 is 81.9. The van der Waals surface area contributed by atoms with Crippen LogP contribution < -0.4 is 5.73 Å². The molecule has 0 saturated carbocycles. The van der Waals surface area contributed by atoms with Crippen molar-refractivity contribution < 1.29 is 31.1 Å². The molecule has 0 radical (unpaired) electrons. The molecule has 0 saturated heterocycles. The van der Waals surface area contributed by atoms with Crippen LogP contribution in [0, 0.1) is 0 Å². The number of hydrogen-bond acceptors (Lipinski definition) is 2. The number of halogens is 6. The zero-order chi connectivity index (χ0) is 18.7. The number of ether oxygens (including phenoxy) is 1. The average Bonchev–Trinajstić information content (AvgIpc) is 2.53. The first kappa shape index (κ1) is 19.3. The number of hydrogen-bond donors (Lipinski definition) is 1. The van der Waals surface area contributed by atoms with Gasteiger partial charge in [0.1, 0.15) is 0 Å². The molecule has 0 aliphatic heterocycles. The molecule has 25 heavy (non-hydrogen) atoms. The highest BCUT2D eigenvalue weighted by molar-refractivity contribution is 5.33. The Morgan fingerprint density at radius 1 is 0.840 bits per heavy atom. The maximum absolute atomic E-state index is 12.8. The largest absolute Gasteiger partial charge is 0.416 e. The normalized spacial score (nSPS) is 13.7. The molecule has 0 amide bonds. The molecule has 0 aromatic heterocycles. The van der Waals surface area contributed by atoms with Crippen molar-refractivity contribution in [2.24, 2.45) is 5.73 Å². The first-order valence-electron chi connectivity index (χ1n) is 7.24. The molecule has 2 nitrogen and oxygen atoms in total. The van der Waals surface area contributed by atoms with Gasteiger partial charge in [-0.3, -0.25) is 0 Å². The van der Waals surface area contributed by atoms with Crippen molar-refractivity contribution >= 4 is 0 Å². The van der Waals surface area contributed by atoms with E-state index in [1.54, 1.807) is 30.3 Å². The lowest BCUT2D eigenvalue weighted by molar-refractivity contribution is -0.143. The molecule has 2 N–H and O–H groups in total. The van der Waals surface area contributed by atoms with Crippen LogP contribution in [-0.4, -0.2) is 6.61 Å². The van der Waals surface area contributed by atoms with E-state index in [1.807, 2.05) is 0 Å². The van der Waals surface area contributed by atoms with E-state index in [9.17, 15) is 26.3 Å². The van der Waals surface area contributed by atoms with E-state index in [2.05, 4.69) is 0 Å². The fourth-order valence-electron chi connectivity index (χ4n) is 2.20. The van der Waals surface area contributed by atoms with Gasteiger partial charge >= 0.3 is 12.4 Å². The molecular formula is C17H15F6NO. The Hall–Kier alpha value is -2.06. The highest BCUT2D eigenvalue weighted by atomic mass is 19.4. The molecule has 0 spiro atoms. The molecule has 2 rings (SSSR count). The molecule has 136 valence electrons. The third-order valence-electron chi connectivity index (χ3n) is 3.44. The summed E-state index contributed by atoms with van der Waals surface area (Å²) in [6.45, 7) is -0.449. The highest BCUT2D eigenvalue weighted by Crippen LogP contribution is 2.36. The zero-order valence-corrected chi connectivity index (χ0v) is 12.9. The van der Waals surface area contributed by atoms with E-state index in [-0.39, 0.29) is 18.2 Å². The van der Waals surface area contributed by atoms with Crippen molar-refractivity contribution in [3.05, 3.63) is 70.8 Å². The molecule has 8 heteroatoms. The van der Waals surface area contributed by atoms with Crippen LogP contribution in [0.2, 0.25) is 0 Å². The van der Waals surface area contributed by atoms with Crippen molar-refractivity contribution in [2.75, 3.05) is 6.61 Å². The summed E-state index contributed by atoms with van der Waals surface area (Å²) in [7, 11) is 0. The lowest BCUT2D eigenvalue weighted by Gasteiger charge is -2.16. The van der Waals surface area contributed by atoms with Gasteiger partial charge in [-0.2, -0.15) is 26.3 Å². The fourth-order valence-corrected chi connectivity index (χ4v) is 2.20.